The van der Waals surface area contributed by atoms with Gasteiger partial charge in [-0.3, -0.25) is 0 Å². The molecule has 0 atom stereocenters. The summed E-state index contributed by atoms with van der Waals surface area (Å²) in [4.78, 5) is 16.5. The molecule has 0 saturated heterocycles. The van der Waals surface area contributed by atoms with Crippen molar-refractivity contribution in [1.82, 2.24) is 0 Å². The van der Waals surface area contributed by atoms with Crippen LogP contribution in [0.5, 0.6) is 0 Å². The molecule has 4 nitrogen and oxygen atoms in total. The number of halogens is 2. The maximum Gasteiger partial charge on any atom is 0.231 e. The molecule has 0 aliphatic heterocycles. The van der Waals surface area contributed by atoms with Crippen molar-refractivity contribution in [2.24, 2.45) is 0 Å². The van der Waals surface area contributed by atoms with Gasteiger partial charge in [0.25, 0.3) is 0 Å². The Bertz CT molecular complexity index is 163. The van der Waals surface area contributed by atoms with Crippen molar-refractivity contribution in [1.29, 1.82) is 10.8 Å². The fraction of sp³-hybridized carbons (Fsp3) is 0.778. The molecule has 0 aromatic rings. The summed E-state index contributed by atoms with van der Waals surface area (Å²) < 4.78 is 0. The number of isocyanates is 2. The maximum atomic E-state index is 8.35. The number of unbranched alkanes of at least 4 members (excludes halogenated alkanes) is 3. The zero-order chi connectivity index (χ0) is 12.5. The molecule has 0 aromatic carbocycles. The summed E-state index contributed by atoms with van der Waals surface area (Å²) in [7, 11) is 0. The summed E-state index contributed by atoms with van der Waals surface area (Å²) in [5.41, 5.74) is 0. The Hall–Kier alpha value is -0.660. The average Bonchev–Trinajstić information content (AvgIpc) is 2.15. The normalized spacial score (nSPS) is 7.47. The van der Waals surface area contributed by atoms with Gasteiger partial charge < -0.3 is 0 Å². The fourth-order valence-corrected chi connectivity index (χ4v) is 1.03. The predicted octanol–water partition coefficient (Wildman–Crippen LogP) is 3.56. The molecule has 0 saturated carbocycles. The molecule has 0 bridgehead atoms. The van der Waals surface area contributed by atoms with Gasteiger partial charge >= 0.3 is 0 Å². The van der Waals surface area contributed by atoms with Gasteiger partial charge in [0.15, 0.2) is 0 Å². The Morgan fingerprint density at radius 1 is 1.07 bits per heavy atom. The molecule has 15 heavy (non-hydrogen) atoms. The van der Waals surface area contributed by atoms with E-state index in [1.54, 1.807) is 0 Å². The zero-order valence-corrected chi connectivity index (χ0v) is 10.2. The van der Waals surface area contributed by atoms with Crippen LogP contribution in [0.4, 0.5) is 0 Å². The van der Waals surface area contributed by atoms with Gasteiger partial charge in [0.05, 0.1) is 0 Å². The molecule has 0 radical (unpaired) electrons. The van der Waals surface area contributed by atoms with E-state index in [-0.39, 0.29) is 4.84 Å². The van der Waals surface area contributed by atoms with Crippen LogP contribution in [0.1, 0.15) is 39.0 Å². The number of nitrogens with one attached hydrogen (secondary N) is 2. The van der Waals surface area contributed by atoms with Crippen LogP contribution >= 0.6 is 23.2 Å². The van der Waals surface area contributed by atoms with Crippen molar-refractivity contribution in [3.05, 3.63) is 0 Å². The van der Waals surface area contributed by atoms with Crippen LogP contribution in [0.15, 0.2) is 0 Å². The highest BCUT2D eigenvalue weighted by molar-refractivity contribution is 6.44. The molecule has 0 amide bonds. The standard InChI is InChI=1S/C7H14Cl2.2CHNO/c1-2-3-4-5-6-7(8)9;2*2-1-3/h7H,2-6H2,1H3;2*2H. The molecule has 0 spiro atoms. The molecular weight excluding hydrogens is 239 g/mol. The van der Waals surface area contributed by atoms with E-state index in [1.807, 2.05) is 0 Å². The summed E-state index contributed by atoms with van der Waals surface area (Å²) in [5.74, 6) is 0. The smallest absolute Gasteiger partial charge is 0.222 e. The molecule has 2 N–H and O–H groups in total. The molecule has 6 heteroatoms. The average molecular weight is 255 g/mol. The van der Waals surface area contributed by atoms with E-state index in [1.165, 1.54) is 25.7 Å². The Labute approximate surface area is 100.0 Å². The fourth-order valence-electron chi connectivity index (χ4n) is 0.725. The van der Waals surface area contributed by atoms with Crippen molar-refractivity contribution >= 4 is 35.4 Å². The van der Waals surface area contributed by atoms with Crippen molar-refractivity contribution < 1.29 is 9.59 Å². The summed E-state index contributed by atoms with van der Waals surface area (Å²) in [5, 5.41) is 10.8. The third-order valence-electron chi connectivity index (χ3n) is 1.28. The molecular formula is C9H16Cl2N2O2. The maximum absolute atomic E-state index is 8.35. The van der Waals surface area contributed by atoms with Gasteiger partial charge in [-0.1, -0.05) is 32.6 Å². The van der Waals surface area contributed by atoms with Crippen molar-refractivity contribution in [2.75, 3.05) is 0 Å². The second kappa shape index (κ2) is 23.3. The highest BCUT2D eigenvalue weighted by Crippen LogP contribution is 2.12. The van der Waals surface area contributed by atoms with Crippen LogP contribution in [0, 0.1) is 10.8 Å². The molecule has 0 aliphatic carbocycles. The van der Waals surface area contributed by atoms with Gasteiger partial charge in [0.2, 0.25) is 12.2 Å². The Kier molecular flexibility index (Phi) is 30.8. The first-order valence-electron chi connectivity index (χ1n) is 4.46. The second-order valence-corrected chi connectivity index (χ2v) is 3.72. The minimum atomic E-state index is -0.151. The number of carbonyl (C=O) groups excluding carboxylic acids is 2. The van der Waals surface area contributed by atoms with Crippen molar-refractivity contribution in [2.45, 2.75) is 43.9 Å². The summed E-state index contributed by atoms with van der Waals surface area (Å²) in [6, 6.07) is 0. The first-order valence-corrected chi connectivity index (χ1v) is 5.33. The van der Waals surface area contributed by atoms with Gasteiger partial charge in [0, 0.05) is 0 Å². The number of hydrogen-bond donors (Lipinski definition) is 2. The van der Waals surface area contributed by atoms with Crippen LogP contribution in [0.2, 0.25) is 0 Å². The topological polar surface area (TPSA) is 81.8 Å². The molecule has 0 aromatic heterocycles. The molecule has 0 rings (SSSR count). The van der Waals surface area contributed by atoms with Crippen molar-refractivity contribution in [3.63, 3.8) is 0 Å². The minimum Gasteiger partial charge on any atom is -0.222 e. The molecule has 0 fully saturated rings. The van der Waals surface area contributed by atoms with Crippen LogP contribution in [-0.2, 0) is 9.59 Å². The van der Waals surface area contributed by atoms with E-state index in [0.29, 0.717) is 0 Å². The predicted molar refractivity (Wildman–Crippen MR) is 61.1 cm³/mol. The van der Waals surface area contributed by atoms with E-state index in [4.69, 9.17) is 43.6 Å². The van der Waals surface area contributed by atoms with Gasteiger partial charge in [-0.15, -0.1) is 23.2 Å². The number of rotatable bonds is 5. The highest BCUT2D eigenvalue weighted by atomic mass is 35.5. The monoisotopic (exact) mass is 254 g/mol. The molecule has 88 valence electrons. The van der Waals surface area contributed by atoms with Gasteiger partial charge in [0.1, 0.15) is 4.84 Å². The molecule has 0 unspecified atom stereocenters. The third kappa shape index (κ3) is 60.2. The zero-order valence-electron chi connectivity index (χ0n) is 8.69. The first-order chi connectivity index (χ1) is 7.10. The minimum absolute atomic E-state index is 0.151. The van der Waals surface area contributed by atoms with Gasteiger partial charge in [-0.05, 0) is 6.42 Å². The lowest BCUT2D eigenvalue weighted by Gasteiger charge is -1.98. The van der Waals surface area contributed by atoms with E-state index in [0.717, 1.165) is 18.6 Å². The van der Waals surface area contributed by atoms with Crippen LogP contribution < -0.4 is 0 Å². The Morgan fingerprint density at radius 3 is 1.73 bits per heavy atom. The van der Waals surface area contributed by atoms with E-state index >= 15 is 0 Å². The lowest BCUT2D eigenvalue weighted by molar-refractivity contribution is 0.562. The Morgan fingerprint density at radius 2 is 1.47 bits per heavy atom. The largest absolute Gasteiger partial charge is 0.231 e. The lowest BCUT2D eigenvalue weighted by Crippen LogP contribution is -1.85. The summed E-state index contributed by atoms with van der Waals surface area (Å²) >= 11 is 11.0. The Balaban J connectivity index is -0.000000200. The molecule has 0 aliphatic rings. The summed E-state index contributed by atoms with van der Waals surface area (Å²) in [6.07, 6.45) is 7.47. The quantitative estimate of drug-likeness (QED) is 0.341. The van der Waals surface area contributed by atoms with Crippen LogP contribution in [-0.4, -0.2) is 17.0 Å². The van der Waals surface area contributed by atoms with E-state index < -0.39 is 0 Å². The second-order valence-electron chi connectivity index (χ2n) is 2.44. The first kappa shape index (κ1) is 19.8. The van der Waals surface area contributed by atoms with Gasteiger partial charge in [-0.25, -0.2) is 20.4 Å². The van der Waals surface area contributed by atoms with E-state index in [9.17, 15) is 0 Å². The van der Waals surface area contributed by atoms with E-state index in [2.05, 4.69) is 6.92 Å². The summed E-state index contributed by atoms with van der Waals surface area (Å²) in [6.45, 7) is 2.19. The van der Waals surface area contributed by atoms with Gasteiger partial charge in [-0.2, -0.15) is 0 Å². The SMILES string of the molecule is CCCCCCC(Cl)Cl.N=C=O.N=C=O. The van der Waals surface area contributed by atoms with Crippen LogP contribution in [0.3, 0.4) is 0 Å². The number of hydrogen-bond acceptors (Lipinski definition) is 4. The van der Waals surface area contributed by atoms with Crippen LogP contribution in [0.25, 0.3) is 0 Å². The lowest BCUT2D eigenvalue weighted by atomic mass is 10.2. The van der Waals surface area contributed by atoms with Crippen molar-refractivity contribution in [3.8, 4) is 0 Å². The third-order valence-corrected chi connectivity index (χ3v) is 1.71. The molecule has 0 heterocycles. The highest BCUT2D eigenvalue weighted by Gasteiger charge is 1.96. The number of alkyl halides is 2.